The molecule has 0 saturated heterocycles. The van der Waals surface area contributed by atoms with Crippen LogP contribution < -0.4 is 9.46 Å². The maximum Gasteiger partial charge on any atom is 0.417 e. The Morgan fingerprint density at radius 2 is 1.85 bits per heavy atom. The van der Waals surface area contributed by atoms with E-state index in [1.165, 1.54) is 10.9 Å². The highest BCUT2D eigenvalue weighted by Crippen LogP contribution is 2.30. The summed E-state index contributed by atoms with van der Waals surface area (Å²) in [6.07, 6.45) is -1.24. The van der Waals surface area contributed by atoms with Crippen molar-refractivity contribution >= 4 is 15.7 Å². The lowest BCUT2D eigenvalue weighted by Crippen LogP contribution is -2.09. The first-order valence-electron chi connectivity index (χ1n) is 9.59. The van der Waals surface area contributed by atoms with E-state index in [0.717, 1.165) is 18.4 Å². The van der Waals surface area contributed by atoms with Crippen LogP contribution >= 0.6 is 0 Å². The molecule has 0 amide bonds. The predicted octanol–water partition coefficient (Wildman–Crippen LogP) is 3.50. The second-order valence-corrected chi connectivity index (χ2v) is 8.92. The summed E-state index contributed by atoms with van der Waals surface area (Å²) in [6, 6.07) is 8.40. The van der Waals surface area contributed by atoms with Crippen molar-refractivity contribution in [2.45, 2.75) is 12.8 Å². The number of pyridine rings is 1. The van der Waals surface area contributed by atoms with Crippen LogP contribution in [-0.2, 0) is 29.9 Å². The third-order valence-corrected chi connectivity index (χ3v) is 5.19. The first kappa shape index (κ1) is 23.2. The molecule has 0 aliphatic heterocycles. The molecule has 0 unspecified atom stereocenters. The smallest absolute Gasteiger partial charge is 0.417 e. The van der Waals surface area contributed by atoms with Crippen molar-refractivity contribution in [1.29, 1.82) is 0 Å². The molecule has 34 heavy (non-hydrogen) atoms. The SMILES string of the molecule is Cn1ncc(-c2nc(-c3ccc(NS(C)(=O)=O)cc3)no2)c1COc1ccc(C(F)(F)F)cn1. The second kappa shape index (κ2) is 8.78. The molecule has 14 heteroatoms. The highest BCUT2D eigenvalue weighted by atomic mass is 32.2. The van der Waals surface area contributed by atoms with Gasteiger partial charge < -0.3 is 9.26 Å². The number of rotatable bonds is 7. The number of hydrogen-bond acceptors (Lipinski definition) is 8. The molecule has 0 radical (unpaired) electrons. The van der Waals surface area contributed by atoms with Gasteiger partial charge in [0.1, 0.15) is 6.61 Å². The zero-order valence-electron chi connectivity index (χ0n) is 17.7. The van der Waals surface area contributed by atoms with Crippen LogP contribution in [0.2, 0.25) is 0 Å². The molecule has 1 aromatic carbocycles. The average Bonchev–Trinajstić information content (AvgIpc) is 3.38. The topological polar surface area (TPSA) is 125 Å². The molecule has 0 spiro atoms. The minimum atomic E-state index is -4.49. The van der Waals surface area contributed by atoms with Crippen molar-refractivity contribution in [3.8, 4) is 28.7 Å². The van der Waals surface area contributed by atoms with Gasteiger partial charge >= 0.3 is 6.18 Å². The summed E-state index contributed by atoms with van der Waals surface area (Å²) < 4.78 is 75.5. The molecule has 0 fully saturated rings. The fraction of sp³-hybridized carbons (Fsp3) is 0.200. The van der Waals surface area contributed by atoms with Crippen molar-refractivity contribution in [2.75, 3.05) is 11.0 Å². The van der Waals surface area contributed by atoms with Crippen LogP contribution in [0.1, 0.15) is 11.3 Å². The lowest BCUT2D eigenvalue weighted by molar-refractivity contribution is -0.137. The summed E-state index contributed by atoms with van der Waals surface area (Å²) in [5.41, 5.74) is 1.11. The summed E-state index contributed by atoms with van der Waals surface area (Å²) in [5.74, 6) is 0.426. The van der Waals surface area contributed by atoms with Crippen LogP contribution in [0.4, 0.5) is 18.9 Å². The van der Waals surface area contributed by atoms with E-state index >= 15 is 0 Å². The van der Waals surface area contributed by atoms with Crippen LogP contribution in [0.15, 0.2) is 53.3 Å². The third kappa shape index (κ3) is 5.33. The summed E-state index contributed by atoms with van der Waals surface area (Å²) in [5, 5.41) is 8.10. The number of halogens is 3. The minimum Gasteiger partial charge on any atom is -0.471 e. The summed E-state index contributed by atoms with van der Waals surface area (Å²) >= 11 is 0. The van der Waals surface area contributed by atoms with Gasteiger partial charge in [0, 0.05) is 30.6 Å². The van der Waals surface area contributed by atoms with Crippen LogP contribution in [0.3, 0.4) is 0 Å². The number of aryl methyl sites for hydroxylation is 1. The zero-order chi connectivity index (χ0) is 24.5. The normalized spacial score (nSPS) is 12.0. The van der Waals surface area contributed by atoms with E-state index in [2.05, 4.69) is 24.9 Å². The highest BCUT2D eigenvalue weighted by molar-refractivity contribution is 7.92. The Hall–Kier alpha value is -3.94. The molecule has 1 N–H and O–H groups in total. The fourth-order valence-electron chi connectivity index (χ4n) is 2.94. The Morgan fingerprint density at radius 1 is 1.12 bits per heavy atom. The van der Waals surface area contributed by atoms with Gasteiger partial charge in [0.15, 0.2) is 0 Å². The number of benzene rings is 1. The molecule has 0 saturated carbocycles. The largest absolute Gasteiger partial charge is 0.471 e. The van der Waals surface area contributed by atoms with Crippen LogP contribution in [-0.4, -0.2) is 39.6 Å². The highest BCUT2D eigenvalue weighted by Gasteiger charge is 2.30. The molecule has 4 rings (SSSR count). The van der Waals surface area contributed by atoms with Crippen molar-refractivity contribution in [1.82, 2.24) is 24.9 Å². The van der Waals surface area contributed by atoms with Gasteiger partial charge in [0.2, 0.25) is 21.7 Å². The number of aromatic nitrogens is 5. The lowest BCUT2D eigenvalue weighted by atomic mass is 10.2. The van der Waals surface area contributed by atoms with E-state index in [1.807, 2.05) is 0 Å². The quantitative estimate of drug-likeness (QED) is 0.414. The molecule has 178 valence electrons. The van der Waals surface area contributed by atoms with Crippen LogP contribution in [0, 0.1) is 0 Å². The van der Waals surface area contributed by atoms with Gasteiger partial charge in [-0.25, -0.2) is 13.4 Å². The molecule has 3 heterocycles. The maximum absolute atomic E-state index is 12.7. The molecule has 10 nitrogen and oxygen atoms in total. The summed E-state index contributed by atoms with van der Waals surface area (Å²) in [6.45, 7) is -0.0617. The summed E-state index contributed by atoms with van der Waals surface area (Å²) in [7, 11) is -1.74. The van der Waals surface area contributed by atoms with Gasteiger partial charge in [0.25, 0.3) is 5.89 Å². The molecule has 3 aromatic heterocycles. The van der Waals surface area contributed by atoms with E-state index in [4.69, 9.17) is 9.26 Å². The standard InChI is InChI=1S/C20H17F3N6O4S/c1-29-16(11-32-17-8-5-13(9-24-17)20(21,22)23)15(10-25-29)19-26-18(27-33-19)12-3-6-14(7-4-12)28-34(2,30)31/h3-10,28H,11H2,1-2H3. The van der Waals surface area contributed by atoms with Crippen molar-refractivity contribution in [2.24, 2.45) is 7.05 Å². The number of ether oxygens (including phenoxy) is 1. The van der Waals surface area contributed by atoms with Gasteiger partial charge in [-0.3, -0.25) is 9.40 Å². The van der Waals surface area contributed by atoms with Gasteiger partial charge in [-0.1, -0.05) is 5.16 Å². The Bertz CT molecular complexity index is 1400. The van der Waals surface area contributed by atoms with Gasteiger partial charge in [-0.2, -0.15) is 23.3 Å². The van der Waals surface area contributed by atoms with Crippen LogP contribution in [0.5, 0.6) is 5.88 Å². The molecule has 0 aliphatic rings. The van der Waals surface area contributed by atoms with E-state index in [1.54, 1.807) is 31.3 Å². The molecule has 0 aliphatic carbocycles. The number of nitrogens with zero attached hydrogens (tertiary/aromatic N) is 5. The molecular formula is C20H17F3N6O4S. The molecule has 0 atom stereocenters. The fourth-order valence-corrected chi connectivity index (χ4v) is 3.50. The Labute approximate surface area is 191 Å². The predicted molar refractivity (Wildman–Crippen MR) is 114 cm³/mol. The summed E-state index contributed by atoms with van der Waals surface area (Å²) in [4.78, 5) is 8.04. The number of alkyl halides is 3. The average molecular weight is 494 g/mol. The third-order valence-electron chi connectivity index (χ3n) is 4.58. The van der Waals surface area contributed by atoms with Crippen molar-refractivity contribution in [3.05, 3.63) is 60.0 Å². The van der Waals surface area contributed by atoms with E-state index in [-0.39, 0.29) is 24.2 Å². The molecular weight excluding hydrogens is 477 g/mol. The van der Waals surface area contributed by atoms with Crippen molar-refractivity contribution in [3.63, 3.8) is 0 Å². The first-order valence-corrected chi connectivity index (χ1v) is 11.5. The van der Waals surface area contributed by atoms with E-state index in [0.29, 0.717) is 28.7 Å². The molecule has 4 aromatic rings. The minimum absolute atomic E-state index is 0.00848. The van der Waals surface area contributed by atoms with Gasteiger partial charge in [0.05, 0.1) is 29.3 Å². The lowest BCUT2D eigenvalue weighted by Gasteiger charge is -2.09. The Morgan fingerprint density at radius 3 is 2.47 bits per heavy atom. The first-order chi connectivity index (χ1) is 16.0. The van der Waals surface area contributed by atoms with Crippen molar-refractivity contribution < 1.29 is 30.8 Å². The zero-order valence-corrected chi connectivity index (χ0v) is 18.6. The van der Waals surface area contributed by atoms with Gasteiger partial charge in [-0.05, 0) is 30.3 Å². The van der Waals surface area contributed by atoms with Gasteiger partial charge in [-0.15, -0.1) is 0 Å². The second-order valence-electron chi connectivity index (χ2n) is 7.17. The van der Waals surface area contributed by atoms with E-state index in [9.17, 15) is 21.6 Å². The maximum atomic E-state index is 12.7. The van der Waals surface area contributed by atoms with E-state index < -0.39 is 21.8 Å². The Kier molecular flexibility index (Phi) is 6.00. The molecule has 0 bridgehead atoms. The van der Waals surface area contributed by atoms with Crippen LogP contribution in [0.25, 0.3) is 22.8 Å². The number of anilines is 1. The number of nitrogens with one attached hydrogen (secondary N) is 1. The Balaban J connectivity index is 1.50. The number of hydrogen-bond donors (Lipinski definition) is 1. The number of sulfonamides is 1. The monoisotopic (exact) mass is 494 g/mol.